The van der Waals surface area contributed by atoms with E-state index in [0.29, 0.717) is 22.3 Å². The van der Waals surface area contributed by atoms with E-state index in [0.717, 1.165) is 14.5 Å². The molecule has 0 spiro atoms. The first kappa shape index (κ1) is 27.0. The van der Waals surface area contributed by atoms with Crippen molar-refractivity contribution in [2.24, 2.45) is 5.10 Å². The zero-order valence-corrected chi connectivity index (χ0v) is 24.0. The Labute approximate surface area is 234 Å². The molecule has 1 aromatic heterocycles. The number of hydrogen-bond donors (Lipinski definition) is 0. The lowest BCUT2D eigenvalue weighted by atomic mass is 9.95. The van der Waals surface area contributed by atoms with Gasteiger partial charge >= 0.3 is 5.69 Å². The van der Waals surface area contributed by atoms with Gasteiger partial charge in [-0.3, -0.25) is 14.9 Å². The third-order valence-electron chi connectivity index (χ3n) is 5.34. The maximum Gasteiger partial charge on any atom is 0.313 e. The molecule has 0 unspecified atom stereocenters. The number of rotatable bonds is 6. The Morgan fingerprint density at radius 1 is 1.11 bits per heavy atom. The van der Waals surface area contributed by atoms with Crippen molar-refractivity contribution in [3.8, 4) is 5.75 Å². The molecule has 11 heteroatoms. The number of fused-ring (bicyclic) bond motifs is 1. The van der Waals surface area contributed by atoms with Crippen LogP contribution in [0.1, 0.15) is 37.7 Å². The van der Waals surface area contributed by atoms with Gasteiger partial charge in [0.25, 0.3) is 5.56 Å². The second kappa shape index (κ2) is 10.7. The maximum atomic E-state index is 13.3. The lowest BCUT2D eigenvalue weighted by Crippen LogP contribution is -2.29. The largest absolute Gasteiger partial charge is 0.481 e. The first-order valence-electron chi connectivity index (χ1n) is 11.1. The molecule has 8 nitrogen and oxygen atoms in total. The number of benzene rings is 3. The highest BCUT2D eigenvalue weighted by Gasteiger charge is 2.24. The van der Waals surface area contributed by atoms with Gasteiger partial charge in [-0.1, -0.05) is 76.4 Å². The van der Waals surface area contributed by atoms with Crippen LogP contribution in [-0.4, -0.2) is 20.8 Å². The van der Waals surface area contributed by atoms with Crippen LogP contribution in [0.25, 0.3) is 10.9 Å². The van der Waals surface area contributed by atoms with Crippen molar-refractivity contribution in [3.05, 3.63) is 106 Å². The summed E-state index contributed by atoms with van der Waals surface area (Å²) in [7, 11) is 0. The van der Waals surface area contributed by atoms with Crippen LogP contribution in [0.2, 0.25) is 5.02 Å². The highest BCUT2D eigenvalue weighted by Crippen LogP contribution is 2.36. The van der Waals surface area contributed by atoms with Gasteiger partial charge in [-0.05, 0) is 42.0 Å². The third-order valence-corrected chi connectivity index (χ3v) is 6.64. The Balaban J connectivity index is 1.74. The molecule has 1 heterocycles. The summed E-state index contributed by atoms with van der Waals surface area (Å²) in [4.78, 5) is 29.3. The van der Waals surface area contributed by atoms with E-state index in [1.165, 1.54) is 23.0 Å². The molecule has 3 aromatic carbocycles. The molecule has 190 valence electrons. The standard InChI is InChI=1S/C26H21Br2ClN4O4/c1-26(2,3)25-31-21-9-8-18(28)12-19(21)24(34)32(25)30-13-16-10-20(29)23(22(11-16)33(35)36)37-14-15-4-6-17(27)7-5-15/h4-13H,14H2,1-3H3. The first-order valence-corrected chi connectivity index (χ1v) is 13.0. The SMILES string of the molecule is CC(C)(C)c1nc2ccc(Br)cc2c(=O)n1N=Cc1cc(Cl)c(OCc2ccc(Br)cc2)c([N+](=O)[O-])c1. The Morgan fingerprint density at radius 2 is 1.78 bits per heavy atom. The van der Waals surface area contributed by atoms with E-state index in [-0.39, 0.29) is 28.6 Å². The molecular formula is C26H21Br2ClN4O4. The van der Waals surface area contributed by atoms with Gasteiger partial charge in [-0.25, -0.2) is 4.98 Å². The van der Waals surface area contributed by atoms with Gasteiger partial charge in [0, 0.05) is 26.0 Å². The van der Waals surface area contributed by atoms with Crippen molar-refractivity contribution in [1.82, 2.24) is 9.66 Å². The summed E-state index contributed by atoms with van der Waals surface area (Å²) >= 11 is 13.1. The quantitative estimate of drug-likeness (QED) is 0.125. The molecule has 0 aliphatic rings. The zero-order chi connectivity index (χ0) is 26.9. The Hall–Kier alpha value is -3.08. The number of ether oxygens (including phenoxy) is 1. The lowest BCUT2D eigenvalue weighted by Gasteiger charge is -2.20. The highest BCUT2D eigenvalue weighted by atomic mass is 79.9. The second-order valence-corrected chi connectivity index (χ2v) is 11.5. The number of hydrogen-bond acceptors (Lipinski definition) is 6. The fraction of sp³-hybridized carbons (Fsp3) is 0.192. The van der Waals surface area contributed by atoms with Crippen LogP contribution >= 0.6 is 43.5 Å². The van der Waals surface area contributed by atoms with Gasteiger partial charge in [0.15, 0.2) is 0 Å². The fourth-order valence-electron chi connectivity index (χ4n) is 3.55. The number of halogens is 3. The smallest absolute Gasteiger partial charge is 0.313 e. The van der Waals surface area contributed by atoms with Gasteiger partial charge < -0.3 is 4.74 Å². The van der Waals surface area contributed by atoms with Crippen LogP contribution in [0.3, 0.4) is 0 Å². The lowest BCUT2D eigenvalue weighted by molar-refractivity contribution is -0.385. The molecule has 0 saturated heterocycles. The van der Waals surface area contributed by atoms with Crippen LogP contribution in [0.5, 0.6) is 5.75 Å². The second-order valence-electron chi connectivity index (χ2n) is 9.23. The fourth-order valence-corrected chi connectivity index (χ4v) is 4.46. The Morgan fingerprint density at radius 3 is 2.43 bits per heavy atom. The number of nitro groups is 1. The van der Waals surface area contributed by atoms with Crippen LogP contribution in [0, 0.1) is 10.1 Å². The molecular weight excluding hydrogens is 628 g/mol. The Bertz CT molecular complexity index is 1600. The van der Waals surface area contributed by atoms with E-state index in [9.17, 15) is 14.9 Å². The molecule has 0 aliphatic heterocycles. The number of aromatic nitrogens is 2. The monoisotopic (exact) mass is 646 g/mol. The molecule has 0 amide bonds. The molecule has 37 heavy (non-hydrogen) atoms. The van der Waals surface area contributed by atoms with Gasteiger partial charge in [-0.2, -0.15) is 9.78 Å². The highest BCUT2D eigenvalue weighted by molar-refractivity contribution is 9.10. The van der Waals surface area contributed by atoms with E-state index in [1.807, 2.05) is 51.1 Å². The summed E-state index contributed by atoms with van der Waals surface area (Å²) in [6.07, 6.45) is 1.35. The summed E-state index contributed by atoms with van der Waals surface area (Å²) in [5.41, 5.74) is 0.525. The van der Waals surface area contributed by atoms with E-state index in [2.05, 4.69) is 41.9 Å². The summed E-state index contributed by atoms with van der Waals surface area (Å²) in [6, 6.07) is 15.4. The minimum Gasteiger partial charge on any atom is -0.481 e. The Kier molecular flexibility index (Phi) is 7.82. The van der Waals surface area contributed by atoms with Crippen LogP contribution in [-0.2, 0) is 12.0 Å². The molecule has 4 rings (SSSR count). The van der Waals surface area contributed by atoms with E-state index in [1.54, 1.807) is 12.1 Å². The van der Waals surface area contributed by atoms with E-state index < -0.39 is 10.3 Å². The molecule has 0 bridgehead atoms. The number of nitro benzene ring substituents is 1. The minimum absolute atomic E-state index is 0.0449. The summed E-state index contributed by atoms with van der Waals surface area (Å²) in [5.74, 6) is 0.398. The molecule has 0 atom stereocenters. The van der Waals surface area contributed by atoms with E-state index in [4.69, 9.17) is 16.3 Å². The average molecular weight is 649 g/mol. The molecule has 0 saturated carbocycles. The summed E-state index contributed by atoms with van der Waals surface area (Å²) in [6.45, 7) is 5.87. The predicted octanol–water partition coefficient (Wildman–Crippen LogP) is 7.24. The van der Waals surface area contributed by atoms with Crippen LogP contribution < -0.4 is 10.3 Å². The van der Waals surface area contributed by atoms with Crippen molar-refractivity contribution in [2.75, 3.05) is 0 Å². The van der Waals surface area contributed by atoms with Gasteiger partial charge in [0.2, 0.25) is 5.75 Å². The van der Waals surface area contributed by atoms with Crippen LogP contribution in [0.4, 0.5) is 5.69 Å². The molecule has 0 aliphatic carbocycles. The van der Waals surface area contributed by atoms with Crippen molar-refractivity contribution in [1.29, 1.82) is 0 Å². The molecule has 0 fully saturated rings. The van der Waals surface area contributed by atoms with Crippen LogP contribution in [0.15, 0.2) is 73.4 Å². The molecule has 0 N–H and O–H groups in total. The molecule has 0 radical (unpaired) electrons. The number of nitrogens with zero attached hydrogens (tertiary/aromatic N) is 4. The molecule has 4 aromatic rings. The van der Waals surface area contributed by atoms with Gasteiger partial charge in [-0.15, -0.1) is 0 Å². The normalized spacial score (nSPS) is 11.8. The van der Waals surface area contributed by atoms with Gasteiger partial charge in [0.05, 0.1) is 27.1 Å². The van der Waals surface area contributed by atoms with Crippen molar-refractivity contribution in [3.63, 3.8) is 0 Å². The third kappa shape index (κ3) is 6.08. The van der Waals surface area contributed by atoms with Crippen molar-refractivity contribution < 1.29 is 9.66 Å². The maximum absolute atomic E-state index is 13.3. The predicted molar refractivity (Wildman–Crippen MR) is 152 cm³/mol. The summed E-state index contributed by atoms with van der Waals surface area (Å²) in [5, 5.41) is 16.6. The topological polar surface area (TPSA) is 99.6 Å². The first-order chi connectivity index (χ1) is 17.4. The summed E-state index contributed by atoms with van der Waals surface area (Å²) < 4.78 is 8.57. The average Bonchev–Trinajstić information content (AvgIpc) is 2.83. The minimum atomic E-state index is -0.567. The van der Waals surface area contributed by atoms with Gasteiger partial charge in [0.1, 0.15) is 12.4 Å². The van der Waals surface area contributed by atoms with Crippen molar-refractivity contribution in [2.45, 2.75) is 32.8 Å². The van der Waals surface area contributed by atoms with E-state index >= 15 is 0 Å². The van der Waals surface area contributed by atoms with Crippen molar-refractivity contribution >= 4 is 66.3 Å². The zero-order valence-electron chi connectivity index (χ0n) is 20.0.